The van der Waals surface area contributed by atoms with Crippen LogP contribution in [0, 0.1) is 0 Å². The minimum Gasteiger partial charge on any atom is -0.418 e. The van der Waals surface area contributed by atoms with Crippen molar-refractivity contribution in [1.29, 1.82) is 0 Å². The highest BCUT2D eigenvalue weighted by atomic mass is 19.5. The monoisotopic (exact) mass is 159 g/mol. The number of unbranched alkanes of at least 4 members (excludes halogenated alkanes) is 2. The quantitative estimate of drug-likeness (QED) is 0.427. The van der Waals surface area contributed by atoms with Crippen LogP contribution in [0.5, 0.6) is 0 Å². The molecule has 0 aliphatic heterocycles. The van der Waals surface area contributed by atoms with E-state index < -0.39 is 7.25 Å². The first-order valence-corrected chi connectivity index (χ1v) is 3.29. The van der Waals surface area contributed by atoms with Crippen molar-refractivity contribution in [3.63, 3.8) is 0 Å². The molecule has 64 valence electrons. The molecule has 0 fully saturated rings. The Kier molecular flexibility index (Phi) is 8.60. The van der Waals surface area contributed by atoms with E-state index in [0.29, 0.717) is 0 Å². The van der Waals surface area contributed by atoms with Crippen LogP contribution in [0.25, 0.3) is 0 Å². The van der Waals surface area contributed by atoms with Crippen molar-refractivity contribution in [2.24, 2.45) is 0 Å². The maximum Gasteiger partial charge on any atom is 0.673 e. The van der Waals surface area contributed by atoms with Crippen LogP contribution in [-0.4, -0.2) is 7.25 Å². The average Bonchev–Trinajstić information content (AvgIpc) is 1.63. The van der Waals surface area contributed by atoms with E-state index in [1.165, 1.54) is 19.3 Å². The van der Waals surface area contributed by atoms with Gasteiger partial charge in [-0.25, -0.2) is 0 Å². The minimum atomic E-state index is -6.00. The van der Waals surface area contributed by atoms with Crippen LogP contribution in [-0.2, 0) is 0 Å². The molecule has 10 heavy (non-hydrogen) atoms. The molecule has 0 rings (SSSR count). The zero-order chi connectivity index (χ0) is 8.62. The van der Waals surface area contributed by atoms with Crippen molar-refractivity contribution in [2.75, 3.05) is 0 Å². The third-order valence-electron chi connectivity index (χ3n) is 0.707. The number of halogens is 4. The standard InChI is InChI=1S/C5H12.BF4/c1-3-5-4-2;2-1(3,4)5/h3-5H2,1-2H3;/q;-1. The summed E-state index contributed by atoms with van der Waals surface area (Å²) in [5.41, 5.74) is 0. The van der Waals surface area contributed by atoms with Gasteiger partial charge in [-0.05, 0) is 0 Å². The molecule has 0 aliphatic rings. The summed E-state index contributed by atoms with van der Waals surface area (Å²) in [5.74, 6) is 0. The molecule has 5 heteroatoms. The molecule has 0 aromatic carbocycles. The van der Waals surface area contributed by atoms with Crippen molar-refractivity contribution in [2.45, 2.75) is 33.1 Å². The van der Waals surface area contributed by atoms with Crippen molar-refractivity contribution in [3.05, 3.63) is 0 Å². The predicted molar refractivity (Wildman–Crippen MR) is 35.4 cm³/mol. The first-order chi connectivity index (χ1) is 4.41. The average molecular weight is 159 g/mol. The smallest absolute Gasteiger partial charge is 0.418 e. The van der Waals surface area contributed by atoms with Gasteiger partial charge in [-0.2, -0.15) is 0 Å². The lowest BCUT2D eigenvalue weighted by Crippen LogP contribution is -2.02. The van der Waals surface area contributed by atoms with Crippen LogP contribution >= 0.6 is 0 Å². The zero-order valence-corrected chi connectivity index (χ0v) is 6.21. The molecule has 0 N–H and O–H groups in total. The van der Waals surface area contributed by atoms with E-state index in [-0.39, 0.29) is 0 Å². The van der Waals surface area contributed by atoms with E-state index in [9.17, 15) is 17.3 Å². The van der Waals surface area contributed by atoms with E-state index in [1.807, 2.05) is 0 Å². The highest BCUT2D eigenvalue weighted by molar-refractivity contribution is 6.50. The predicted octanol–water partition coefficient (Wildman–Crippen LogP) is 3.50. The molecule has 0 unspecified atom stereocenters. The molecule has 0 aromatic rings. The maximum absolute atomic E-state index is 9.75. The molecule has 0 aromatic heterocycles. The Morgan fingerprint density at radius 3 is 1.10 bits per heavy atom. The molecule has 0 atom stereocenters. The first kappa shape index (κ1) is 12.5. The van der Waals surface area contributed by atoms with Gasteiger partial charge >= 0.3 is 7.25 Å². The fourth-order valence-corrected chi connectivity index (χ4v) is 0.354. The molecule has 0 heterocycles. The second-order valence-electron chi connectivity index (χ2n) is 1.85. The van der Waals surface area contributed by atoms with Crippen LogP contribution in [0.15, 0.2) is 0 Å². The van der Waals surface area contributed by atoms with Gasteiger partial charge in [-0.15, -0.1) is 0 Å². The molecule has 0 bridgehead atoms. The number of hydrogen-bond donors (Lipinski definition) is 0. The SMILES string of the molecule is CCCCC.F[B-](F)(F)F. The highest BCUT2D eigenvalue weighted by Gasteiger charge is 2.20. The fraction of sp³-hybridized carbons (Fsp3) is 1.00. The van der Waals surface area contributed by atoms with E-state index in [2.05, 4.69) is 13.8 Å². The molecule has 0 aliphatic carbocycles. The van der Waals surface area contributed by atoms with Gasteiger partial charge < -0.3 is 17.3 Å². The van der Waals surface area contributed by atoms with E-state index >= 15 is 0 Å². The molecular weight excluding hydrogens is 147 g/mol. The lowest BCUT2D eigenvalue weighted by Gasteiger charge is -1.94. The second-order valence-corrected chi connectivity index (χ2v) is 1.85. The van der Waals surface area contributed by atoms with Gasteiger partial charge in [-0.1, -0.05) is 33.1 Å². The Labute approximate surface area is 58.7 Å². The fourth-order valence-electron chi connectivity index (χ4n) is 0.354. The molecule has 0 saturated carbocycles. The summed E-state index contributed by atoms with van der Waals surface area (Å²) >= 11 is 0. The van der Waals surface area contributed by atoms with E-state index in [0.717, 1.165) is 0 Å². The summed E-state index contributed by atoms with van der Waals surface area (Å²) in [6, 6.07) is 0. The Morgan fingerprint density at radius 1 is 0.900 bits per heavy atom. The van der Waals surface area contributed by atoms with Crippen LogP contribution in [0.1, 0.15) is 33.1 Å². The molecule has 0 amide bonds. The summed E-state index contributed by atoms with van der Waals surface area (Å²) in [6.45, 7) is 4.42. The van der Waals surface area contributed by atoms with Crippen LogP contribution in [0.4, 0.5) is 17.3 Å². The third kappa shape index (κ3) is 112. The van der Waals surface area contributed by atoms with Gasteiger partial charge in [0.2, 0.25) is 0 Å². The van der Waals surface area contributed by atoms with Gasteiger partial charge in [0.05, 0.1) is 0 Å². The highest BCUT2D eigenvalue weighted by Crippen LogP contribution is 2.06. The molecule has 0 radical (unpaired) electrons. The zero-order valence-electron chi connectivity index (χ0n) is 6.21. The Hall–Kier alpha value is -0.215. The first-order valence-electron chi connectivity index (χ1n) is 3.29. The largest absolute Gasteiger partial charge is 0.673 e. The lowest BCUT2D eigenvalue weighted by atomic mass is 10.3. The lowest BCUT2D eigenvalue weighted by molar-refractivity contribution is 0.368. The minimum absolute atomic E-state index is 1.34. The van der Waals surface area contributed by atoms with Crippen molar-refractivity contribution < 1.29 is 17.3 Å². The summed E-state index contributed by atoms with van der Waals surface area (Å²) in [5, 5.41) is 0. The van der Waals surface area contributed by atoms with E-state index in [1.54, 1.807) is 0 Å². The molecule has 0 nitrogen and oxygen atoms in total. The van der Waals surface area contributed by atoms with Crippen LogP contribution in [0.2, 0.25) is 0 Å². The van der Waals surface area contributed by atoms with Crippen molar-refractivity contribution >= 4 is 7.25 Å². The maximum atomic E-state index is 9.75. The Bertz CT molecular complexity index is 53.2. The summed E-state index contributed by atoms with van der Waals surface area (Å²) < 4.78 is 39.0. The number of hydrogen-bond acceptors (Lipinski definition) is 0. The third-order valence-corrected chi connectivity index (χ3v) is 0.707. The van der Waals surface area contributed by atoms with Crippen LogP contribution in [0.3, 0.4) is 0 Å². The number of rotatable bonds is 2. The Balaban J connectivity index is 0. The van der Waals surface area contributed by atoms with Gasteiger partial charge in [0.15, 0.2) is 0 Å². The van der Waals surface area contributed by atoms with E-state index in [4.69, 9.17) is 0 Å². The molecular formula is C5H12BF4-. The van der Waals surface area contributed by atoms with Gasteiger partial charge in [0.1, 0.15) is 0 Å². The topological polar surface area (TPSA) is 0 Å². The van der Waals surface area contributed by atoms with Crippen molar-refractivity contribution in [1.82, 2.24) is 0 Å². The summed E-state index contributed by atoms with van der Waals surface area (Å²) in [6.07, 6.45) is 4.08. The van der Waals surface area contributed by atoms with Crippen LogP contribution < -0.4 is 0 Å². The normalized spacial score (nSPS) is 10.2. The summed E-state index contributed by atoms with van der Waals surface area (Å²) in [4.78, 5) is 0. The Morgan fingerprint density at radius 2 is 1.10 bits per heavy atom. The second kappa shape index (κ2) is 6.90. The molecule has 0 saturated heterocycles. The van der Waals surface area contributed by atoms with Gasteiger partial charge in [0.25, 0.3) is 0 Å². The van der Waals surface area contributed by atoms with Crippen molar-refractivity contribution in [3.8, 4) is 0 Å². The summed E-state index contributed by atoms with van der Waals surface area (Å²) in [7, 11) is -6.00. The molecule has 0 spiro atoms. The van der Waals surface area contributed by atoms with Gasteiger partial charge in [-0.3, -0.25) is 0 Å². The van der Waals surface area contributed by atoms with Gasteiger partial charge in [0, 0.05) is 0 Å².